The van der Waals surface area contributed by atoms with Crippen molar-refractivity contribution in [3.8, 4) is 0 Å². The van der Waals surface area contributed by atoms with E-state index in [1.54, 1.807) is 0 Å². The zero-order chi connectivity index (χ0) is 34.5. The first-order valence-corrected chi connectivity index (χ1v) is 19.8. The van der Waals surface area contributed by atoms with Crippen LogP contribution in [0.3, 0.4) is 0 Å². The zero-order valence-electron chi connectivity index (χ0n) is 31.0. The quantitative estimate of drug-likeness (QED) is 0.0291. The van der Waals surface area contributed by atoms with Gasteiger partial charge in [-0.15, -0.1) is 0 Å². The number of hydrogen-bond acceptors (Lipinski definition) is 6. The van der Waals surface area contributed by atoms with E-state index in [2.05, 4.69) is 45.1 Å². The highest BCUT2D eigenvalue weighted by atomic mass is 16.6. The molecule has 0 spiro atoms. The first-order chi connectivity index (χ1) is 23.0. The summed E-state index contributed by atoms with van der Waals surface area (Å²) in [5.74, 6) is -0.906. The number of allylic oxidation sites excluding steroid dienone is 4. The van der Waals surface area contributed by atoms with E-state index in [0.717, 1.165) is 83.5 Å². The van der Waals surface area contributed by atoms with Crippen molar-refractivity contribution < 1.29 is 28.6 Å². The Hall–Kier alpha value is -2.11. The summed E-state index contributed by atoms with van der Waals surface area (Å²) in [6, 6.07) is 0. The molecule has 1 atom stereocenters. The SMILES string of the molecule is CCC/C=C\CCCCCCCC(=O)OC(COC(=O)CCCCCCC/C=C\CCCC)COC(=O)CCCCCCCCCC. The molecule has 0 saturated heterocycles. The minimum Gasteiger partial charge on any atom is -0.462 e. The fraction of sp³-hybridized carbons (Fsp3) is 0.829. The van der Waals surface area contributed by atoms with Crippen LogP contribution in [0.2, 0.25) is 0 Å². The maximum absolute atomic E-state index is 12.6. The number of esters is 3. The minimum atomic E-state index is -0.769. The molecule has 0 rings (SSSR count). The molecule has 0 saturated carbocycles. The number of hydrogen-bond donors (Lipinski definition) is 0. The van der Waals surface area contributed by atoms with Gasteiger partial charge >= 0.3 is 17.9 Å². The lowest BCUT2D eigenvalue weighted by molar-refractivity contribution is -0.167. The summed E-state index contributed by atoms with van der Waals surface area (Å²) in [6.07, 6.45) is 37.4. The van der Waals surface area contributed by atoms with E-state index in [1.165, 1.54) is 77.0 Å². The fourth-order valence-electron chi connectivity index (χ4n) is 5.36. The molecule has 0 heterocycles. The molecule has 0 aromatic carbocycles. The number of ether oxygens (including phenoxy) is 3. The Bertz CT molecular complexity index is 774. The van der Waals surface area contributed by atoms with E-state index in [9.17, 15) is 14.4 Å². The number of rotatable bonds is 35. The smallest absolute Gasteiger partial charge is 0.306 e. The average Bonchev–Trinajstić information content (AvgIpc) is 3.06. The van der Waals surface area contributed by atoms with Crippen LogP contribution < -0.4 is 0 Å². The Kier molecular flexibility index (Phi) is 35.1. The lowest BCUT2D eigenvalue weighted by Gasteiger charge is -2.18. The lowest BCUT2D eigenvalue weighted by Crippen LogP contribution is -2.30. The second kappa shape index (κ2) is 36.7. The highest BCUT2D eigenvalue weighted by Gasteiger charge is 2.19. The van der Waals surface area contributed by atoms with Crippen LogP contribution in [0, 0.1) is 0 Å². The van der Waals surface area contributed by atoms with Crippen molar-refractivity contribution in [1.82, 2.24) is 0 Å². The molecule has 0 aromatic rings. The van der Waals surface area contributed by atoms with E-state index in [1.807, 2.05) is 0 Å². The Balaban J connectivity index is 4.38. The molecule has 0 aliphatic rings. The highest BCUT2D eigenvalue weighted by Crippen LogP contribution is 2.13. The van der Waals surface area contributed by atoms with Gasteiger partial charge in [0.2, 0.25) is 0 Å². The third kappa shape index (κ3) is 35.0. The highest BCUT2D eigenvalue weighted by molar-refractivity contribution is 5.71. The summed E-state index contributed by atoms with van der Waals surface area (Å²) in [7, 11) is 0. The monoisotopic (exact) mass is 663 g/mol. The van der Waals surface area contributed by atoms with E-state index >= 15 is 0 Å². The molecule has 6 heteroatoms. The van der Waals surface area contributed by atoms with Gasteiger partial charge in [-0.2, -0.15) is 0 Å². The topological polar surface area (TPSA) is 78.9 Å². The Morgan fingerprint density at radius 3 is 1.21 bits per heavy atom. The van der Waals surface area contributed by atoms with Crippen LogP contribution in [0.15, 0.2) is 24.3 Å². The number of carbonyl (C=O) groups is 3. The summed E-state index contributed by atoms with van der Waals surface area (Å²) in [5.41, 5.74) is 0. The van der Waals surface area contributed by atoms with Crippen LogP contribution in [0.25, 0.3) is 0 Å². The van der Waals surface area contributed by atoms with Gasteiger partial charge in [-0.05, 0) is 57.8 Å². The Labute approximate surface area is 290 Å². The maximum Gasteiger partial charge on any atom is 0.306 e. The van der Waals surface area contributed by atoms with Crippen molar-refractivity contribution >= 4 is 17.9 Å². The van der Waals surface area contributed by atoms with Crippen molar-refractivity contribution in [1.29, 1.82) is 0 Å². The molecule has 0 radical (unpaired) electrons. The summed E-state index contributed by atoms with van der Waals surface area (Å²) in [4.78, 5) is 37.4. The first kappa shape index (κ1) is 44.9. The molecule has 274 valence electrons. The second-order valence-electron chi connectivity index (χ2n) is 13.2. The van der Waals surface area contributed by atoms with Crippen molar-refractivity contribution in [2.75, 3.05) is 13.2 Å². The van der Waals surface area contributed by atoms with Gasteiger partial charge in [-0.3, -0.25) is 14.4 Å². The molecular formula is C41H74O6. The van der Waals surface area contributed by atoms with Crippen LogP contribution in [-0.4, -0.2) is 37.2 Å². The van der Waals surface area contributed by atoms with Gasteiger partial charge in [0.25, 0.3) is 0 Å². The fourth-order valence-corrected chi connectivity index (χ4v) is 5.36. The van der Waals surface area contributed by atoms with E-state index < -0.39 is 6.10 Å². The predicted octanol–water partition coefficient (Wildman–Crippen LogP) is 12.1. The average molecular weight is 663 g/mol. The lowest BCUT2D eigenvalue weighted by atomic mass is 10.1. The standard InChI is InChI=1S/C41H74O6/c1-4-7-10-13-16-19-21-23-25-28-31-34-40(43)46-37-38(36-45-39(42)33-30-27-24-18-15-12-9-6-3)47-41(44)35-32-29-26-22-20-17-14-11-8-5-2/h11,13-14,16,38H,4-10,12,15,17-37H2,1-3H3/b14-11-,16-13-. The normalized spacial score (nSPS) is 12.1. The van der Waals surface area contributed by atoms with E-state index in [-0.39, 0.29) is 31.1 Å². The Morgan fingerprint density at radius 2 is 0.766 bits per heavy atom. The van der Waals surface area contributed by atoms with Crippen molar-refractivity contribution in [2.45, 2.75) is 207 Å². The van der Waals surface area contributed by atoms with Gasteiger partial charge in [-0.25, -0.2) is 0 Å². The van der Waals surface area contributed by atoms with E-state index in [0.29, 0.717) is 19.3 Å². The second-order valence-corrected chi connectivity index (χ2v) is 13.2. The molecule has 6 nitrogen and oxygen atoms in total. The largest absolute Gasteiger partial charge is 0.462 e. The third-order valence-electron chi connectivity index (χ3n) is 8.41. The number of unbranched alkanes of at least 4 members (excludes halogenated alkanes) is 20. The summed E-state index contributed by atoms with van der Waals surface area (Å²) < 4.78 is 16.5. The van der Waals surface area contributed by atoms with Gasteiger partial charge in [0.05, 0.1) is 0 Å². The summed E-state index contributed by atoms with van der Waals surface area (Å²) in [6.45, 7) is 6.47. The van der Waals surface area contributed by atoms with Gasteiger partial charge in [0.15, 0.2) is 6.10 Å². The van der Waals surface area contributed by atoms with Crippen LogP contribution in [0.4, 0.5) is 0 Å². The predicted molar refractivity (Wildman–Crippen MR) is 196 cm³/mol. The molecule has 0 aliphatic heterocycles. The molecule has 0 aliphatic carbocycles. The summed E-state index contributed by atoms with van der Waals surface area (Å²) in [5, 5.41) is 0. The van der Waals surface area contributed by atoms with Crippen molar-refractivity contribution in [3.63, 3.8) is 0 Å². The molecule has 0 N–H and O–H groups in total. The minimum absolute atomic E-state index is 0.0761. The Morgan fingerprint density at radius 1 is 0.404 bits per heavy atom. The van der Waals surface area contributed by atoms with Gasteiger partial charge in [-0.1, -0.05) is 148 Å². The zero-order valence-corrected chi connectivity index (χ0v) is 31.0. The maximum atomic E-state index is 12.6. The van der Waals surface area contributed by atoms with Crippen molar-refractivity contribution in [2.24, 2.45) is 0 Å². The van der Waals surface area contributed by atoms with E-state index in [4.69, 9.17) is 14.2 Å². The molecule has 0 aromatic heterocycles. The van der Waals surface area contributed by atoms with Gasteiger partial charge < -0.3 is 14.2 Å². The van der Waals surface area contributed by atoms with Gasteiger partial charge in [0, 0.05) is 19.3 Å². The summed E-state index contributed by atoms with van der Waals surface area (Å²) >= 11 is 0. The van der Waals surface area contributed by atoms with Crippen LogP contribution >= 0.6 is 0 Å². The van der Waals surface area contributed by atoms with Crippen molar-refractivity contribution in [3.05, 3.63) is 24.3 Å². The molecular weight excluding hydrogens is 588 g/mol. The number of carbonyl (C=O) groups excluding carboxylic acids is 3. The van der Waals surface area contributed by atoms with Crippen LogP contribution in [0.5, 0.6) is 0 Å². The molecule has 0 fully saturated rings. The molecule has 0 amide bonds. The third-order valence-corrected chi connectivity index (χ3v) is 8.41. The molecule has 47 heavy (non-hydrogen) atoms. The molecule has 0 bridgehead atoms. The van der Waals surface area contributed by atoms with Gasteiger partial charge in [0.1, 0.15) is 13.2 Å². The molecule has 1 unspecified atom stereocenters. The first-order valence-electron chi connectivity index (χ1n) is 19.8. The van der Waals surface area contributed by atoms with Crippen LogP contribution in [-0.2, 0) is 28.6 Å². The van der Waals surface area contributed by atoms with Crippen LogP contribution in [0.1, 0.15) is 201 Å².